The van der Waals surface area contributed by atoms with Crippen LogP contribution in [0.4, 0.5) is 4.39 Å². The normalized spacial score (nSPS) is 12.0. The summed E-state index contributed by atoms with van der Waals surface area (Å²) in [5.74, 6) is -0.0994. The van der Waals surface area contributed by atoms with Gasteiger partial charge in [-0.05, 0) is 22.0 Å². The van der Waals surface area contributed by atoms with Crippen molar-refractivity contribution in [1.82, 2.24) is 0 Å². The van der Waals surface area contributed by atoms with Gasteiger partial charge in [-0.15, -0.1) is 12.4 Å². The molecule has 0 spiro atoms. The first-order valence-corrected chi connectivity index (χ1v) is 4.73. The highest BCUT2D eigenvalue weighted by Gasteiger charge is 2.14. The van der Waals surface area contributed by atoms with Gasteiger partial charge in [-0.3, -0.25) is 0 Å². The first kappa shape index (κ1) is 14.0. The molecule has 0 aromatic heterocycles. The molecule has 3 N–H and O–H groups in total. The van der Waals surface area contributed by atoms with E-state index < -0.39 is 12.7 Å². The second-order valence-corrected chi connectivity index (χ2v) is 3.76. The summed E-state index contributed by atoms with van der Waals surface area (Å²) in [5, 5.41) is 9.87. The smallest absolute Gasteiger partial charge is 0.136 e. The molecule has 0 radical (unpaired) electrons. The van der Waals surface area contributed by atoms with Crippen molar-refractivity contribution in [2.45, 2.75) is 6.04 Å². The molecule has 1 atom stereocenters. The molecular formula is C8H9BrCl2FNO. The lowest BCUT2D eigenvalue weighted by atomic mass is 10.1. The second kappa shape index (κ2) is 5.75. The monoisotopic (exact) mass is 303 g/mol. The van der Waals surface area contributed by atoms with Crippen molar-refractivity contribution in [3.05, 3.63) is 27.2 Å². The summed E-state index contributed by atoms with van der Waals surface area (Å²) in [5.41, 5.74) is 5.76. The molecule has 1 aromatic rings. The van der Waals surface area contributed by atoms with Gasteiger partial charge in [-0.25, -0.2) is 4.39 Å². The van der Waals surface area contributed by atoms with Crippen molar-refractivity contribution >= 4 is 39.9 Å². The van der Waals surface area contributed by atoms with Crippen LogP contribution >= 0.6 is 39.9 Å². The molecule has 0 unspecified atom stereocenters. The molecule has 0 bridgehead atoms. The fourth-order valence-electron chi connectivity index (χ4n) is 0.937. The highest BCUT2D eigenvalue weighted by atomic mass is 79.9. The van der Waals surface area contributed by atoms with E-state index in [9.17, 15) is 9.50 Å². The minimum absolute atomic E-state index is 0. The fraction of sp³-hybridized carbons (Fsp3) is 0.250. The molecule has 0 aliphatic heterocycles. The lowest BCUT2D eigenvalue weighted by molar-refractivity contribution is 0.413. The number of phenols is 1. The number of nitrogens with two attached hydrogens (primary N) is 1. The zero-order valence-corrected chi connectivity index (χ0v) is 10.2. The maximum absolute atomic E-state index is 12.2. The maximum atomic E-state index is 12.2. The Balaban J connectivity index is 0.00000169. The maximum Gasteiger partial charge on any atom is 0.136 e. The van der Waals surface area contributed by atoms with Crippen LogP contribution in [-0.4, -0.2) is 11.8 Å². The fourth-order valence-corrected chi connectivity index (χ4v) is 1.45. The van der Waals surface area contributed by atoms with Crippen LogP contribution in [-0.2, 0) is 0 Å². The van der Waals surface area contributed by atoms with Gasteiger partial charge in [0.25, 0.3) is 0 Å². The molecule has 0 fully saturated rings. The summed E-state index contributed by atoms with van der Waals surface area (Å²) >= 11 is 8.76. The number of benzene rings is 1. The number of phenolic OH excluding ortho intramolecular Hbond substituents is 1. The van der Waals surface area contributed by atoms with Gasteiger partial charge in [0.2, 0.25) is 0 Å². The van der Waals surface area contributed by atoms with Crippen molar-refractivity contribution in [3.63, 3.8) is 0 Å². The van der Waals surface area contributed by atoms with E-state index in [4.69, 9.17) is 17.3 Å². The Kier molecular flexibility index (Phi) is 5.74. The van der Waals surface area contributed by atoms with Crippen LogP contribution in [0.2, 0.25) is 5.02 Å². The number of rotatable bonds is 2. The van der Waals surface area contributed by atoms with Crippen LogP contribution in [0, 0.1) is 0 Å². The van der Waals surface area contributed by atoms with Crippen molar-refractivity contribution in [2.75, 3.05) is 6.67 Å². The SMILES string of the molecule is Cl.N[C@H](CF)c1ccc(Cl)c(Br)c1O. The minimum atomic E-state index is -0.812. The van der Waals surface area contributed by atoms with Gasteiger partial charge in [0.1, 0.15) is 12.4 Å². The third-order valence-corrected chi connectivity index (χ3v) is 3.01. The van der Waals surface area contributed by atoms with E-state index in [1.54, 1.807) is 6.07 Å². The predicted molar refractivity (Wildman–Crippen MR) is 61.0 cm³/mol. The molecule has 80 valence electrons. The highest BCUT2D eigenvalue weighted by molar-refractivity contribution is 9.10. The Labute approximate surface area is 101 Å². The van der Waals surface area contributed by atoms with Crippen LogP contribution in [0.3, 0.4) is 0 Å². The van der Waals surface area contributed by atoms with Gasteiger partial charge in [-0.1, -0.05) is 17.7 Å². The summed E-state index contributed by atoms with van der Waals surface area (Å²) in [6.07, 6.45) is 0. The number of alkyl halides is 1. The molecule has 0 saturated carbocycles. The molecular weight excluding hydrogens is 296 g/mol. The standard InChI is InChI=1S/C8H8BrClFNO.ClH/c9-7-5(10)2-1-4(8(7)13)6(12)3-11;/h1-2,6,13H,3,12H2;1H/t6-;/m1./s1. The molecule has 2 nitrogen and oxygen atoms in total. The Bertz CT molecular complexity index is 324. The van der Waals surface area contributed by atoms with E-state index >= 15 is 0 Å². The molecule has 0 aliphatic rings. The van der Waals surface area contributed by atoms with Crippen LogP contribution < -0.4 is 5.73 Å². The minimum Gasteiger partial charge on any atom is -0.506 e. The summed E-state index contributed by atoms with van der Waals surface area (Å²) in [7, 11) is 0. The first-order chi connectivity index (χ1) is 6.07. The molecule has 14 heavy (non-hydrogen) atoms. The van der Waals surface area contributed by atoms with Crippen molar-refractivity contribution < 1.29 is 9.50 Å². The quantitative estimate of drug-likeness (QED) is 0.881. The Hall–Kier alpha value is -0.0300. The molecule has 6 heteroatoms. The van der Waals surface area contributed by atoms with Crippen molar-refractivity contribution in [3.8, 4) is 5.75 Å². The predicted octanol–water partition coefficient (Wildman–Crippen LogP) is 3.20. The summed E-state index contributed by atoms with van der Waals surface area (Å²) < 4.78 is 12.5. The molecule has 0 heterocycles. The van der Waals surface area contributed by atoms with E-state index in [1.165, 1.54) is 6.07 Å². The zero-order chi connectivity index (χ0) is 10.0. The summed E-state index contributed by atoms with van der Waals surface area (Å²) in [4.78, 5) is 0. The van der Waals surface area contributed by atoms with Gasteiger partial charge < -0.3 is 10.8 Å². The topological polar surface area (TPSA) is 46.2 Å². The highest BCUT2D eigenvalue weighted by Crippen LogP contribution is 2.36. The Morgan fingerprint density at radius 1 is 1.57 bits per heavy atom. The molecule has 1 rings (SSSR count). The number of hydrogen-bond donors (Lipinski definition) is 2. The van der Waals surface area contributed by atoms with Crippen molar-refractivity contribution in [1.29, 1.82) is 0 Å². The number of hydrogen-bond acceptors (Lipinski definition) is 2. The average Bonchev–Trinajstić information content (AvgIpc) is 2.13. The van der Waals surface area contributed by atoms with Gasteiger partial charge in [0.15, 0.2) is 0 Å². The van der Waals surface area contributed by atoms with Gasteiger partial charge in [0.05, 0.1) is 15.5 Å². The van der Waals surface area contributed by atoms with E-state index in [2.05, 4.69) is 15.9 Å². The van der Waals surface area contributed by atoms with Gasteiger partial charge >= 0.3 is 0 Å². The zero-order valence-electron chi connectivity index (χ0n) is 7.01. The van der Waals surface area contributed by atoms with E-state index in [0.717, 1.165) is 0 Å². The third-order valence-electron chi connectivity index (χ3n) is 1.67. The Morgan fingerprint density at radius 3 is 2.64 bits per heavy atom. The first-order valence-electron chi connectivity index (χ1n) is 3.56. The summed E-state index contributed by atoms with van der Waals surface area (Å²) in [6.45, 7) is -0.721. The number of aromatic hydroxyl groups is 1. The molecule has 0 saturated heterocycles. The summed E-state index contributed by atoms with van der Waals surface area (Å²) in [6, 6.07) is 2.25. The van der Waals surface area contributed by atoms with E-state index in [0.29, 0.717) is 15.1 Å². The van der Waals surface area contributed by atoms with Crippen LogP contribution in [0.5, 0.6) is 5.75 Å². The third kappa shape index (κ3) is 2.73. The van der Waals surface area contributed by atoms with Crippen LogP contribution in [0.1, 0.15) is 11.6 Å². The lowest BCUT2D eigenvalue weighted by Crippen LogP contribution is -2.12. The van der Waals surface area contributed by atoms with Gasteiger partial charge in [0, 0.05) is 5.56 Å². The lowest BCUT2D eigenvalue weighted by Gasteiger charge is -2.11. The number of halogens is 4. The van der Waals surface area contributed by atoms with Crippen LogP contribution in [0.15, 0.2) is 16.6 Å². The van der Waals surface area contributed by atoms with Crippen molar-refractivity contribution in [2.24, 2.45) is 5.73 Å². The van der Waals surface area contributed by atoms with Crippen LogP contribution in [0.25, 0.3) is 0 Å². The molecule has 0 aliphatic carbocycles. The second-order valence-electron chi connectivity index (χ2n) is 2.56. The molecule has 1 aromatic carbocycles. The van der Waals surface area contributed by atoms with Gasteiger partial charge in [-0.2, -0.15) is 0 Å². The molecule has 0 amide bonds. The Morgan fingerprint density at radius 2 is 2.14 bits per heavy atom. The average molecular weight is 305 g/mol. The largest absolute Gasteiger partial charge is 0.506 e. The van der Waals surface area contributed by atoms with E-state index in [1.807, 2.05) is 0 Å². The van der Waals surface area contributed by atoms with E-state index in [-0.39, 0.29) is 18.2 Å².